The van der Waals surface area contributed by atoms with Crippen LogP contribution in [0.1, 0.15) is 16.7 Å². The maximum Gasteiger partial charge on any atom is 0.335 e. The molecular weight excluding hydrogens is 623 g/mol. The second kappa shape index (κ2) is 10.5. The van der Waals surface area contributed by atoms with Crippen molar-refractivity contribution in [2.24, 2.45) is 0 Å². The minimum absolute atomic E-state index is 0.197. The van der Waals surface area contributed by atoms with Crippen LogP contribution >= 0.6 is 55.1 Å². The molecule has 35 heavy (non-hydrogen) atoms. The van der Waals surface area contributed by atoms with Gasteiger partial charge in [0.05, 0.1) is 14.6 Å². The molecule has 0 aliphatic carbocycles. The number of carbonyl (C=O) groups is 3. The standard InChI is InChI=1S/C25H16Br2Cl2N2O4/c1-13-20(29)3-2-4-21(13)31-24(33)17(23(32)30-25(31)34)9-15-10-18(26)22(19(27)11-15)35-12-14-5-7-16(28)8-6-14/h2-11H,12H2,1H3,(H,30,32,34)/b17-9+. The molecule has 3 aromatic rings. The zero-order valence-corrected chi connectivity index (χ0v) is 22.8. The smallest absolute Gasteiger partial charge is 0.335 e. The molecule has 0 aromatic heterocycles. The van der Waals surface area contributed by atoms with Crippen LogP contribution in [0, 0.1) is 6.92 Å². The first-order chi connectivity index (χ1) is 16.7. The number of ether oxygens (including phenoxy) is 1. The molecule has 0 bridgehead atoms. The highest BCUT2D eigenvalue weighted by Gasteiger charge is 2.37. The van der Waals surface area contributed by atoms with Crippen LogP contribution in [0.3, 0.4) is 0 Å². The summed E-state index contributed by atoms with van der Waals surface area (Å²) in [5.41, 5.74) is 2.12. The number of hydrogen-bond acceptors (Lipinski definition) is 4. The molecule has 0 unspecified atom stereocenters. The Balaban J connectivity index is 1.63. The number of amides is 4. The number of carbonyl (C=O) groups excluding carboxylic acids is 3. The van der Waals surface area contributed by atoms with Gasteiger partial charge in [0.25, 0.3) is 11.8 Å². The average molecular weight is 639 g/mol. The van der Waals surface area contributed by atoms with Gasteiger partial charge in [0.15, 0.2) is 0 Å². The van der Waals surface area contributed by atoms with Gasteiger partial charge in [0.1, 0.15) is 17.9 Å². The lowest BCUT2D eigenvalue weighted by Crippen LogP contribution is -2.54. The van der Waals surface area contributed by atoms with Crippen molar-refractivity contribution < 1.29 is 19.1 Å². The molecule has 3 aromatic carbocycles. The third-order valence-electron chi connectivity index (χ3n) is 5.21. The van der Waals surface area contributed by atoms with Crippen LogP contribution in [0.15, 0.2) is 69.1 Å². The van der Waals surface area contributed by atoms with Crippen molar-refractivity contribution in [2.75, 3.05) is 4.90 Å². The Morgan fingerprint density at radius 3 is 2.31 bits per heavy atom. The maximum absolute atomic E-state index is 13.2. The minimum Gasteiger partial charge on any atom is -0.487 e. The quantitative estimate of drug-likeness (QED) is 0.240. The number of nitrogens with one attached hydrogen (secondary N) is 1. The molecule has 1 saturated heterocycles. The van der Waals surface area contributed by atoms with E-state index >= 15 is 0 Å². The molecule has 0 atom stereocenters. The summed E-state index contributed by atoms with van der Waals surface area (Å²) in [6, 6.07) is 14.7. The molecule has 1 heterocycles. The molecule has 0 spiro atoms. The number of urea groups is 1. The molecule has 1 aliphatic rings. The van der Waals surface area contributed by atoms with Crippen LogP contribution in [0.2, 0.25) is 10.0 Å². The number of benzene rings is 3. The summed E-state index contributed by atoms with van der Waals surface area (Å²) in [7, 11) is 0. The molecule has 0 saturated carbocycles. The summed E-state index contributed by atoms with van der Waals surface area (Å²) >= 11 is 19.1. The lowest BCUT2D eigenvalue weighted by Gasteiger charge is -2.27. The van der Waals surface area contributed by atoms with Gasteiger partial charge < -0.3 is 4.74 Å². The summed E-state index contributed by atoms with van der Waals surface area (Å²) in [6.45, 7) is 2.00. The summed E-state index contributed by atoms with van der Waals surface area (Å²) in [4.78, 5) is 39.2. The fourth-order valence-corrected chi connectivity index (χ4v) is 5.16. The van der Waals surface area contributed by atoms with Crippen LogP contribution in [0.4, 0.5) is 10.5 Å². The van der Waals surface area contributed by atoms with Crippen LogP contribution in [0.25, 0.3) is 6.08 Å². The maximum atomic E-state index is 13.2. The van der Waals surface area contributed by atoms with Crippen molar-refractivity contribution in [2.45, 2.75) is 13.5 Å². The number of hydrogen-bond donors (Lipinski definition) is 1. The average Bonchev–Trinajstić information content (AvgIpc) is 2.80. The van der Waals surface area contributed by atoms with Crippen LogP contribution in [-0.2, 0) is 16.2 Å². The molecular formula is C25H16Br2Cl2N2O4. The van der Waals surface area contributed by atoms with Crippen molar-refractivity contribution in [1.29, 1.82) is 0 Å². The summed E-state index contributed by atoms with van der Waals surface area (Å²) in [6.07, 6.45) is 1.41. The van der Waals surface area contributed by atoms with Crippen molar-refractivity contribution in [3.63, 3.8) is 0 Å². The SMILES string of the molecule is Cc1c(Cl)cccc1N1C(=O)NC(=O)/C(=C\c2cc(Br)c(OCc3ccc(Cl)cc3)c(Br)c2)C1=O. The van der Waals surface area contributed by atoms with E-state index < -0.39 is 17.8 Å². The highest BCUT2D eigenvalue weighted by atomic mass is 79.9. The number of nitrogens with zero attached hydrogens (tertiary/aromatic N) is 1. The first-order valence-corrected chi connectivity index (χ1v) is 12.5. The highest BCUT2D eigenvalue weighted by molar-refractivity contribution is 9.11. The molecule has 178 valence electrons. The van der Waals surface area contributed by atoms with Crippen LogP contribution < -0.4 is 15.0 Å². The van der Waals surface area contributed by atoms with E-state index in [2.05, 4.69) is 37.2 Å². The number of imide groups is 2. The molecule has 4 rings (SSSR count). The van der Waals surface area contributed by atoms with Gasteiger partial charge in [-0.1, -0.05) is 41.4 Å². The summed E-state index contributed by atoms with van der Waals surface area (Å²) < 4.78 is 7.14. The Morgan fingerprint density at radius 1 is 1.00 bits per heavy atom. The van der Waals surface area contributed by atoms with Gasteiger partial charge in [0.2, 0.25) is 0 Å². The molecule has 10 heteroatoms. The molecule has 1 N–H and O–H groups in total. The van der Waals surface area contributed by atoms with Gasteiger partial charge in [-0.25, -0.2) is 9.69 Å². The molecule has 1 aliphatic heterocycles. The third-order valence-corrected chi connectivity index (χ3v) is 7.05. The predicted octanol–water partition coefficient (Wildman–Crippen LogP) is 7.07. The van der Waals surface area contributed by atoms with Gasteiger partial charge >= 0.3 is 6.03 Å². The molecule has 6 nitrogen and oxygen atoms in total. The second-order valence-electron chi connectivity index (χ2n) is 7.57. The van der Waals surface area contributed by atoms with Gasteiger partial charge in [-0.2, -0.15) is 0 Å². The normalized spacial score (nSPS) is 14.9. The number of barbiturate groups is 1. The molecule has 0 radical (unpaired) electrons. The monoisotopic (exact) mass is 636 g/mol. The van der Waals surface area contributed by atoms with E-state index in [9.17, 15) is 14.4 Å². The summed E-state index contributed by atoms with van der Waals surface area (Å²) in [5, 5.41) is 3.25. The minimum atomic E-state index is -0.837. The van der Waals surface area contributed by atoms with Gasteiger partial charge in [-0.3, -0.25) is 14.9 Å². The summed E-state index contributed by atoms with van der Waals surface area (Å²) in [5.74, 6) is -0.987. The molecule has 1 fully saturated rings. The van der Waals surface area contributed by atoms with E-state index in [4.69, 9.17) is 27.9 Å². The van der Waals surface area contributed by atoms with Crippen molar-refractivity contribution in [3.8, 4) is 5.75 Å². The third kappa shape index (κ3) is 5.46. The molecule has 4 amide bonds. The predicted molar refractivity (Wildman–Crippen MR) is 143 cm³/mol. The van der Waals surface area contributed by atoms with Crippen LogP contribution in [0.5, 0.6) is 5.75 Å². The first kappa shape index (κ1) is 25.4. The van der Waals surface area contributed by atoms with Crippen molar-refractivity contribution in [3.05, 3.63) is 95.9 Å². The van der Waals surface area contributed by atoms with E-state index in [0.717, 1.165) is 10.5 Å². The Bertz CT molecular complexity index is 1370. The Kier molecular flexibility index (Phi) is 7.66. The Morgan fingerprint density at radius 2 is 1.66 bits per heavy atom. The lowest BCUT2D eigenvalue weighted by atomic mass is 10.1. The van der Waals surface area contributed by atoms with E-state index in [1.807, 2.05) is 12.1 Å². The second-order valence-corrected chi connectivity index (χ2v) is 10.1. The van der Waals surface area contributed by atoms with Crippen LogP contribution in [-0.4, -0.2) is 17.8 Å². The van der Waals surface area contributed by atoms with E-state index in [1.54, 1.807) is 49.4 Å². The Hall–Kier alpha value is -2.65. The fourth-order valence-electron chi connectivity index (χ4n) is 3.42. The van der Waals surface area contributed by atoms with Gasteiger partial charge in [0, 0.05) is 10.0 Å². The van der Waals surface area contributed by atoms with E-state index in [0.29, 0.717) is 48.2 Å². The first-order valence-electron chi connectivity index (χ1n) is 10.2. The van der Waals surface area contributed by atoms with Gasteiger partial charge in [-0.05, 0) is 97.9 Å². The van der Waals surface area contributed by atoms with Crippen molar-refractivity contribution in [1.82, 2.24) is 5.32 Å². The van der Waals surface area contributed by atoms with Gasteiger partial charge in [-0.15, -0.1) is 0 Å². The zero-order valence-electron chi connectivity index (χ0n) is 18.1. The topological polar surface area (TPSA) is 75.7 Å². The number of halogens is 4. The lowest BCUT2D eigenvalue weighted by molar-refractivity contribution is -0.122. The van der Waals surface area contributed by atoms with E-state index in [1.165, 1.54) is 6.08 Å². The zero-order chi connectivity index (χ0) is 25.3. The number of rotatable bonds is 5. The Labute approximate surface area is 228 Å². The highest BCUT2D eigenvalue weighted by Crippen LogP contribution is 2.36. The van der Waals surface area contributed by atoms with E-state index in [-0.39, 0.29) is 5.57 Å². The number of anilines is 1. The fraction of sp³-hybridized carbons (Fsp3) is 0.0800. The van der Waals surface area contributed by atoms with Crippen molar-refractivity contribution >= 4 is 84.7 Å². The largest absolute Gasteiger partial charge is 0.487 e.